The maximum atomic E-state index is 10.5. The molecule has 0 aliphatic rings. The molecular weight excluding hydrogens is 182 g/mol. The van der Waals surface area contributed by atoms with Gasteiger partial charge in [0.1, 0.15) is 11.9 Å². The molecule has 0 saturated heterocycles. The monoisotopic (exact) mass is 195 g/mol. The highest BCUT2D eigenvalue weighted by Gasteiger charge is 2.08. The number of aryl methyl sites for hydroxylation is 1. The lowest BCUT2D eigenvalue weighted by Gasteiger charge is -2.08. The van der Waals surface area contributed by atoms with Crippen LogP contribution in [0, 0.1) is 6.92 Å². The molecule has 0 aliphatic heterocycles. The van der Waals surface area contributed by atoms with E-state index >= 15 is 0 Å². The topological polar surface area (TPSA) is 75.1 Å². The van der Waals surface area contributed by atoms with Crippen molar-refractivity contribution in [1.29, 1.82) is 0 Å². The molecule has 0 unspecified atom stereocenters. The molecule has 0 spiro atoms. The summed E-state index contributed by atoms with van der Waals surface area (Å²) in [7, 11) is 0. The zero-order valence-electron chi connectivity index (χ0n) is 8.19. The molecule has 14 heavy (non-hydrogen) atoms. The van der Waals surface area contributed by atoms with E-state index in [2.05, 4.69) is 15.3 Å². The van der Waals surface area contributed by atoms with E-state index in [9.17, 15) is 4.79 Å². The highest BCUT2D eigenvalue weighted by Crippen LogP contribution is 1.95. The third kappa shape index (κ3) is 3.10. The van der Waals surface area contributed by atoms with Crippen molar-refractivity contribution in [3.8, 4) is 0 Å². The lowest BCUT2D eigenvalue weighted by molar-refractivity contribution is -0.139. The molecule has 1 heterocycles. The third-order valence-corrected chi connectivity index (χ3v) is 1.82. The van der Waals surface area contributed by atoms with E-state index in [0.717, 1.165) is 5.56 Å². The number of carbonyl (C=O) groups is 1. The van der Waals surface area contributed by atoms with Gasteiger partial charge in [0.05, 0.1) is 0 Å². The molecule has 1 aromatic rings. The van der Waals surface area contributed by atoms with Crippen molar-refractivity contribution < 1.29 is 9.90 Å². The molecule has 1 rings (SSSR count). The van der Waals surface area contributed by atoms with Gasteiger partial charge in [-0.15, -0.1) is 0 Å². The predicted molar refractivity (Wildman–Crippen MR) is 50.7 cm³/mol. The van der Waals surface area contributed by atoms with Gasteiger partial charge in [-0.3, -0.25) is 4.79 Å². The fourth-order valence-electron chi connectivity index (χ4n) is 0.869. The van der Waals surface area contributed by atoms with Crippen molar-refractivity contribution in [2.75, 3.05) is 0 Å². The van der Waals surface area contributed by atoms with Crippen LogP contribution in [-0.4, -0.2) is 27.1 Å². The third-order valence-electron chi connectivity index (χ3n) is 1.82. The lowest BCUT2D eigenvalue weighted by Crippen LogP contribution is -2.33. The average Bonchev–Trinajstić information content (AvgIpc) is 2.16. The lowest BCUT2D eigenvalue weighted by atomic mass is 10.3. The van der Waals surface area contributed by atoms with Gasteiger partial charge in [-0.25, -0.2) is 9.97 Å². The minimum Gasteiger partial charge on any atom is -0.480 e. The number of carboxylic acids is 1. The van der Waals surface area contributed by atoms with Gasteiger partial charge in [0.2, 0.25) is 0 Å². The number of aliphatic carboxylic acids is 1. The number of nitrogens with one attached hydrogen (secondary N) is 1. The van der Waals surface area contributed by atoms with Crippen LogP contribution in [0.4, 0.5) is 0 Å². The molecule has 1 atom stereocenters. The maximum absolute atomic E-state index is 10.5. The van der Waals surface area contributed by atoms with Gasteiger partial charge in [-0.1, -0.05) is 0 Å². The summed E-state index contributed by atoms with van der Waals surface area (Å²) in [6.45, 7) is 3.86. The Morgan fingerprint density at radius 3 is 2.64 bits per heavy atom. The van der Waals surface area contributed by atoms with E-state index in [0.29, 0.717) is 12.4 Å². The summed E-state index contributed by atoms with van der Waals surface area (Å²) in [5.74, 6) is -0.155. The standard InChI is InChI=1S/C9H13N3O2/c1-6(9(13)14)10-3-8-4-11-7(2)12-5-8/h4-6,10H,3H2,1-2H3,(H,13,14)/t6-/m0/s1. The Bertz CT molecular complexity index is 310. The van der Waals surface area contributed by atoms with E-state index in [4.69, 9.17) is 5.11 Å². The second kappa shape index (κ2) is 4.66. The largest absolute Gasteiger partial charge is 0.480 e. The van der Waals surface area contributed by atoms with Gasteiger partial charge >= 0.3 is 5.97 Å². The summed E-state index contributed by atoms with van der Waals surface area (Å²) in [5.41, 5.74) is 0.878. The number of carboxylic acid groups (broad SMARTS) is 1. The fourth-order valence-corrected chi connectivity index (χ4v) is 0.869. The van der Waals surface area contributed by atoms with Gasteiger partial charge in [0, 0.05) is 24.5 Å². The SMILES string of the molecule is Cc1ncc(CN[C@@H](C)C(=O)O)cn1. The van der Waals surface area contributed by atoms with Crippen LogP contribution in [0.3, 0.4) is 0 Å². The molecule has 0 fully saturated rings. The van der Waals surface area contributed by atoms with Gasteiger partial charge in [-0.2, -0.15) is 0 Å². The number of aromatic nitrogens is 2. The van der Waals surface area contributed by atoms with E-state index < -0.39 is 12.0 Å². The average molecular weight is 195 g/mol. The number of rotatable bonds is 4. The van der Waals surface area contributed by atoms with Crippen LogP contribution in [0.5, 0.6) is 0 Å². The molecule has 0 saturated carbocycles. The molecule has 5 nitrogen and oxygen atoms in total. The smallest absolute Gasteiger partial charge is 0.320 e. The molecule has 76 valence electrons. The van der Waals surface area contributed by atoms with Crippen molar-refractivity contribution in [2.24, 2.45) is 0 Å². The number of nitrogens with zero attached hydrogens (tertiary/aromatic N) is 2. The van der Waals surface area contributed by atoms with Crippen LogP contribution in [0.1, 0.15) is 18.3 Å². The molecule has 0 aliphatic carbocycles. The summed E-state index contributed by atoms with van der Waals surface area (Å²) in [5, 5.41) is 11.4. The molecule has 0 amide bonds. The van der Waals surface area contributed by atoms with Crippen LogP contribution < -0.4 is 5.32 Å². The van der Waals surface area contributed by atoms with Gasteiger partial charge in [-0.05, 0) is 13.8 Å². The van der Waals surface area contributed by atoms with Crippen molar-refractivity contribution >= 4 is 5.97 Å². The summed E-state index contributed by atoms with van der Waals surface area (Å²) < 4.78 is 0. The van der Waals surface area contributed by atoms with Crippen LogP contribution in [-0.2, 0) is 11.3 Å². The molecule has 2 N–H and O–H groups in total. The van der Waals surface area contributed by atoms with Crippen molar-refractivity contribution in [3.05, 3.63) is 23.8 Å². The van der Waals surface area contributed by atoms with Crippen LogP contribution in [0.2, 0.25) is 0 Å². The zero-order valence-corrected chi connectivity index (χ0v) is 8.19. The van der Waals surface area contributed by atoms with E-state index in [1.165, 1.54) is 0 Å². The predicted octanol–water partition coefficient (Wildman–Crippen LogP) is 0.348. The summed E-state index contributed by atoms with van der Waals surface area (Å²) in [6, 6.07) is -0.559. The molecule has 0 radical (unpaired) electrons. The maximum Gasteiger partial charge on any atom is 0.320 e. The minimum atomic E-state index is -0.863. The first-order valence-electron chi connectivity index (χ1n) is 4.33. The van der Waals surface area contributed by atoms with Crippen LogP contribution in [0.25, 0.3) is 0 Å². The van der Waals surface area contributed by atoms with Gasteiger partial charge < -0.3 is 10.4 Å². The Morgan fingerprint density at radius 2 is 2.14 bits per heavy atom. The Balaban J connectivity index is 2.46. The molecule has 5 heteroatoms. The highest BCUT2D eigenvalue weighted by molar-refractivity contribution is 5.72. The fraction of sp³-hybridized carbons (Fsp3) is 0.444. The second-order valence-electron chi connectivity index (χ2n) is 3.08. The highest BCUT2D eigenvalue weighted by atomic mass is 16.4. The quantitative estimate of drug-likeness (QED) is 0.725. The zero-order chi connectivity index (χ0) is 10.6. The first-order chi connectivity index (χ1) is 6.59. The molecule has 0 aromatic carbocycles. The van der Waals surface area contributed by atoms with E-state index in [1.54, 1.807) is 26.2 Å². The Hall–Kier alpha value is -1.49. The molecule has 0 bridgehead atoms. The number of hydrogen-bond acceptors (Lipinski definition) is 4. The first kappa shape index (κ1) is 10.6. The van der Waals surface area contributed by atoms with Crippen molar-refractivity contribution in [2.45, 2.75) is 26.4 Å². The van der Waals surface area contributed by atoms with Gasteiger partial charge in [0.15, 0.2) is 0 Å². The van der Waals surface area contributed by atoms with Gasteiger partial charge in [0.25, 0.3) is 0 Å². The number of hydrogen-bond donors (Lipinski definition) is 2. The Labute approximate surface area is 82.2 Å². The summed E-state index contributed by atoms with van der Waals surface area (Å²) in [6.07, 6.45) is 3.37. The van der Waals surface area contributed by atoms with Crippen LogP contribution >= 0.6 is 0 Å². The minimum absolute atomic E-state index is 0.466. The van der Waals surface area contributed by atoms with E-state index in [-0.39, 0.29) is 0 Å². The molecular formula is C9H13N3O2. The summed E-state index contributed by atoms with van der Waals surface area (Å²) >= 11 is 0. The molecule has 1 aromatic heterocycles. The van der Waals surface area contributed by atoms with E-state index in [1.807, 2.05) is 0 Å². The summed E-state index contributed by atoms with van der Waals surface area (Å²) in [4.78, 5) is 18.5. The first-order valence-corrected chi connectivity index (χ1v) is 4.33. The second-order valence-corrected chi connectivity index (χ2v) is 3.08. The normalized spacial score (nSPS) is 12.4. The van der Waals surface area contributed by atoms with Crippen LogP contribution in [0.15, 0.2) is 12.4 Å². The van der Waals surface area contributed by atoms with Crippen molar-refractivity contribution in [1.82, 2.24) is 15.3 Å². The van der Waals surface area contributed by atoms with Crippen molar-refractivity contribution in [3.63, 3.8) is 0 Å². The Morgan fingerprint density at radius 1 is 1.57 bits per heavy atom. The Kier molecular flexibility index (Phi) is 3.53.